The Balaban J connectivity index is 1.47. The lowest BCUT2D eigenvalue weighted by molar-refractivity contribution is 0.186. The lowest BCUT2D eigenvalue weighted by Gasteiger charge is -2.16. The van der Waals surface area contributed by atoms with E-state index in [1.54, 1.807) is 54.0 Å². The number of ether oxygens (including phenoxy) is 1. The molecule has 0 spiro atoms. The Morgan fingerprint density at radius 2 is 1.85 bits per heavy atom. The van der Waals surface area contributed by atoms with E-state index < -0.39 is 0 Å². The number of anilines is 2. The van der Waals surface area contributed by atoms with Crippen molar-refractivity contribution in [2.24, 2.45) is 0 Å². The van der Waals surface area contributed by atoms with Crippen LogP contribution in [0.4, 0.5) is 11.6 Å². The fraction of sp³-hybridized carbons (Fsp3) is 0.273. The molecule has 11 heteroatoms. The Morgan fingerprint density at radius 1 is 1.09 bits per heavy atom. The minimum Gasteiger partial charge on any atom is -0.487 e. The molecule has 0 saturated heterocycles. The zero-order valence-electron chi connectivity index (χ0n) is 18.2. The van der Waals surface area contributed by atoms with Crippen LogP contribution in [0, 0.1) is 11.3 Å². The van der Waals surface area contributed by atoms with Gasteiger partial charge >= 0.3 is 0 Å². The molecular formula is C22H23N9O2. The molecule has 4 rings (SSSR count). The van der Waals surface area contributed by atoms with E-state index >= 15 is 0 Å². The van der Waals surface area contributed by atoms with Gasteiger partial charge in [0, 0.05) is 24.2 Å². The normalized spacial score (nSPS) is 12.7. The lowest BCUT2D eigenvalue weighted by atomic mass is 10.1. The van der Waals surface area contributed by atoms with Crippen LogP contribution in [0.5, 0.6) is 5.75 Å². The average molecular weight is 445 g/mol. The number of nitrogens with one attached hydrogen (secondary N) is 1. The van der Waals surface area contributed by atoms with E-state index in [1.165, 1.54) is 4.80 Å². The maximum Gasteiger partial charge on any atom is 0.227 e. The Hall–Kier alpha value is -4.30. The predicted molar refractivity (Wildman–Crippen MR) is 120 cm³/mol. The predicted octanol–water partition coefficient (Wildman–Crippen LogP) is 2.57. The second kappa shape index (κ2) is 9.88. The molecule has 11 nitrogen and oxygen atoms in total. The number of nitriles is 1. The van der Waals surface area contributed by atoms with E-state index in [1.807, 2.05) is 19.9 Å². The number of aliphatic hydroxyl groups is 1. The molecule has 3 heterocycles. The van der Waals surface area contributed by atoms with Gasteiger partial charge < -0.3 is 15.2 Å². The summed E-state index contributed by atoms with van der Waals surface area (Å²) < 4.78 is 7.67. The molecule has 2 atom stereocenters. The number of hydrogen-bond donors (Lipinski definition) is 2. The highest BCUT2D eigenvalue weighted by molar-refractivity contribution is 5.66. The quantitative estimate of drug-likeness (QED) is 0.398. The number of benzene rings is 1. The van der Waals surface area contributed by atoms with Crippen molar-refractivity contribution in [3.8, 4) is 22.9 Å². The second-order valence-corrected chi connectivity index (χ2v) is 7.50. The smallest absolute Gasteiger partial charge is 0.227 e. The van der Waals surface area contributed by atoms with Crippen LogP contribution >= 0.6 is 0 Å². The monoisotopic (exact) mass is 445 g/mol. The van der Waals surface area contributed by atoms with E-state index in [4.69, 9.17) is 4.74 Å². The van der Waals surface area contributed by atoms with Gasteiger partial charge in [-0.15, -0.1) is 0 Å². The van der Waals surface area contributed by atoms with Gasteiger partial charge in [-0.05, 0) is 31.5 Å². The van der Waals surface area contributed by atoms with Crippen molar-refractivity contribution in [1.82, 2.24) is 34.7 Å². The molecule has 0 fully saturated rings. The van der Waals surface area contributed by atoms with Crippen LogP contribution in [0.1, 0.15) is 25.5 Å². The third-order valence-corrected chi connectivity index (χ3v) is 4.88. The molecule has 0 aliphatic carbocycles. The summed E-state index contributed by atoms with van der Waals surface area (Å²) in [6, 6.07) is 7.39. The third kappa shape index (κ3) is 5.31. The summed E-state index contributed by atoms with van der Waals surface area (Å²) in [6.45, 7) is 4.22. The molecule has 0 amide bonds. The molecule has 33 heavy (non-hydrogen) atoms. The molecule has 0 aliphatic heterocycles. The molecule has 0 radical (unpaired) electrons. The first-order valence-corrected chi connectivity index (χ1v) is 10.3. The maximum absolute atomic E-state index is 9.46. The van der Waals surface area contributed by atoms with Gasteiger partial charge in [-0.1, -0.05) is 6.07 Å². The average Bonchev–Trinajstić information content (AvgIpc) is 3.51. The number of hydrogen-bond acceptors (Lipinski definition) is 9. The second-order valence-electron chi connectivity index (χ2n) is 7.50. The van der Waals surface area contributed by atoms with Crippen LogP contribution < -0.4 is 10.1 Å². The Kier molecular flexibility index (Phi) is 6.56. The maximum atomic E-state index is 9.46. The van der Waals surface area contributed by atoms with Gasteiger partial charge in [0.15, 0.2) is 0 Å². The van der Waals surface area contributed by atoms with Crippen molar-refractivity contribution in [1.29, 1.82) is 5.26 Å². The minimum absolute atomic E-state index is 0.00151. The molecule has 1 aromatic carbocycles. The van der Waals surface area contributed by atoms with Crippen LogP contribution in [-0.4, -0.2) is 52.6 Å². The van der Waals surface area contributed by atoms with Crippen LogP contribution in [0.25, 0.3) is 11.1 Å². The molecule has 3 aromatic heterocycles. The van der Waals surface area contributed by atoms with Gasteiger partial charge in [0.25, 0.3) is 0 Å². The van der Waals surface area contributed by atoms with Crippen molar-refractivity contribution < 1.29 is 9.84 Å². The summed E-state index contributed by atoms with van der Waals surface area (Å²) in [5.74, 6) is 0.891. The van der Waals surface area contributed by atoms with Crippen LogP contribution in [0.15, 0.2) is 55.4 Å². The largest absolute Gasteiger partial charge is 0.487 e. The zero-order valence-corrected chi connectivity index (χ0v) is 18.2. The van der Waals surface area contributed by atoms with Crippen molar-refractivity contribution in [2.45, 2.75) is 32.5 Å². The van der Waals surface area contributed by atoms with Crippen LogP contribution in [0.3, 0.4) is 0 Å². The topological polar surface area (TPSA) is 140 Å². The van der Waals surface area contributed by atoms with Gasteiger partial charge in [-0.2, -0.15) is 25.4 Å². The number of aliphatic hydroxyl groups excluding tert-OH is 1. The van der Waals surface area contributed by atoms with Crippen molar-refractivity contribution in [3.63, 3.8) is 0 Å². The van der Waals surface area contributed by atoms with Crippen molar-refractivity contribution in [3.05, 3.63) is 60.9 Å². The van der Waals surface area contributed by atoms with Gasteiger partial charge in [0.2, 0.25) is 5.95 Å². The first-order valence-electron chi connectivity index (χ1n) is 10.3. The Morgan fingerprint density at radius 3 is 2.55 bits per heavy atom. The Labute approximate surface area is 190 Å². The number of rotatable bonds is 9. The van der Waals surface area contributed by atoms with Gasteiger partial charge in [0.05, 0.1) is 49.0 Å². The van der Waals surface area contributed by atoms with Gasteiger partial charge in [-0.25, -0.2) is 9.97 Å². The molecule has 2 N–H and O–H groups in total. The lowest BCUT2D eigenvalue weighted by Crippen LogP contribution is -2.21. The highest BCUT2D eigenvalue weighted by Gasteiger charge is 2.13. The van der Waals surface area contributed by atoms with Crippen LogP contribution in [0.2, 0.25) is 0 Å². The van der Waals surface area contributed by atoms with Gasteiger partial charge in [-0.3, -0.25) is 4.68 Å². The molecular weight excluding hydrogens is 422 g/mol. The molecule has 0 aliphatic rings. The molecule has 0 bridgehead atoms. The molecule has 1 unspecified atom stereocenters. The van der Waals surface area contributed by atoms with Crippen LogP contribution in [-0.2, 0) is 6.54 Å². The van der Waals surface area contributed by atoms with E-state index in [-0.39, 0.29) is 18.8 Å². The summed E-state index contributed by atoms with van der Waals surface area (Å²) in [7, 11) is 0. The summed E-state index contributed by atoms with van der Waals surface area (Å²) in [5.41, 5.74) is 2.76. The van der Waals surface area contributed by atoms with E-state index in [0.717, 1.165) is 16.8 Å². The van der Waals surface area contributed by atoms with Crippen molar-refractivity contribution in [2.75, 3.05) is 11.9 Å². The summed E-state index contributed by atoms with van der Waals surface area (Å²) in [6.07, 6.45) is 9.78. The SMILES string of the molecule is CC(CO)n1cc(Nc2ncc(-c3ccc(C#N)c(O[C@@H](C)Cn4nccn4)c3)cn2)cn1. The van der Waals surface area contributed by atoms with E-state index in [2.05, 4.69) is 36.7 Å². The highest BCUT2D eigenvalue weighted by atomic mass is 16.5. The number of nitrogens with zero attached hydrogens (tertiary/aromatic N) is 8. The number of aromatic nitrogens is 7. The van der Waals surface area contributed by atoms with E-state index in [9.17, 15) is 10.4 Å². The first-order chi connectivity index (χ1) is 16.1. The minimum atomic E-state index is -0.239. The van der Waals surface area contributed by atoms with Crippen molar-refractivity contribution >= 4 is 11.6 Å². The molecule has 4 aromatic rings. The summed E-state index contributed by atoms with van der Waals surface area (Å²) in [4.78, 5) is 10.3. The zero-order chi connectivity index (χ0) is 23.2. The molecule has 0 saturated carbocycles. The Bertz CT molecular complexity index is 1230. The molecule has 168 valence electrons. The highest BCUT2D eigenvalue weighted by Crippen LogP contribution is 2.28. The van der Waals surface area contributed by atoms with Gasteiger partial charge in [0.1, 0.15) is 17.9 Å². The van der Waals surface area contributed by atoms with E-state index in [0.29, 0.717) is 23.8 Å². The fourth-order valence-corrected chi connectivity index (χ4v) is 3.11. The fourth-order valence-electron chi connectivity index (χ4n) is 3.11. The third-order valence-electron chi connectivity index (χ3n) is 4.88. The summed E-state index contributed by atoms with van der Waals surface area (Å²) in [5, 5.41) is 34.2. The standard InChI is InChI=1S/C22H23N9O2/c1-15(14-32)30-13-20(11-28-30)29-22-24-9-19(10-25-22)17-3-4-18(8-23)21(7-17)33-16(2)12-31-26-5-6-27-31/h3-7,9-11,13,15-16,32H,12,14H2,1-2H3,(H,24,25,29)/t15?,16-/m0/s1. The first kappa shape index (κ1) is 21.9. The summed E-state index contributed by atoms with van der Waals surface area (Å²) >= 11 is 0.